The number of ether oxygens (including phenoxy) is 10. The SMILES string of the molecule is CCCCCCC=CCCCCCCCCCCO[C@H]1[C@@H](OC[C@H]2O[C@H](OCCOP(=O)(O)O)[C@H](OCCCCCCCCCCCC)[C@@H](OCCCCCCCCCCCC)[C@@H]2O)O[C@H](COC)[C@@H](OP(=O)(O)O)[C@@H]1OCC[C@@H](CCCCCCC)OC. The highest BCUT2D eigenvalue weighted by atomic mass is 31.2. The number of unbranched alkanes of at least 4 members (excludes halogenated alkanes) is 34. The van der Waals surface area contributed by atoms with Crippen molar-refractivity contribution in [2.24, 2.45) is 0 Å². The number of methoxy groups -OCH3 is 2. The summed E-state index contributed by atoms with van der Waals surface area (Å²) in [5, 5.41) is 12.4. The van der Waals surface area contributed by atoms with Gasteiger partial charge in [-0.05, 0) is 57.8 Å². The minimum atomic E-state index is -5.14. The lowest BCUT2D eigenvalue weighted by atomic mass is 9.97. The Morgan fingerprint density at radius 2 is 0.775 bits per heavy atom. The summed E-state index contributed by atoms with van der Waals surface area (Å²) in [7, 11) is -6.83. The second kappa shape index (κ2) is 56.7. The molecule has 2 heterocycles. The van der Waals surface area contributed by atoms with Crippen molar-refractivity contribution in [2.45, 2.75) is 358 Å². The number of phosphoric acid groups is 2. The Bertz CT molecular complexity index is 1690. The monoisotopic (exact) mass is 1320 g/mol. The Hall–Kier alpha value is -0.480. The molecule has 2 saturated heterocycles. The minimum absolute atomic E-state index is 0.118. The molecule has 0 aromatic heterocycles. The van der Waals surface area contributed by atoms with Crippen LogP contribution < -0.4 is 0 Å². The molecule has 89 heavy (non-hydrogen) atoms. The first-order valence-corrected chi connectivity index (χ1v) is 39.1. The molecule has 0 aromatic carbocycles. The van der Waals surface area contributed by atoms with Crippen LogP contribution in [-0.2, 0) is 65.5 Å². The molecule has 0 unspecified atom stereocenters. The normalized spacial score (nSPS) is 23.1. The smallest absolute Gasteiger partial charge is 0.387 e. The van der Waals surface area contributed by atoms with E-state index in [0.29, 0.717) is 26.1 Å². The fraction of sp³-hybridized carbons (Fsp3) is 0.971. The van der Waals surface area contributed by atoms with Crippen molar-refractivity contribution in [1.29, 1.82) is 0 Å². The predicted molar refractivity (Wildman–Crippen MR) is 353 cm³/mol. The molecule has 5 N–H and O–H groups in total. The summed E-state index contributed by atoms with van der Waals surface area (Å²) in [6.07, 6.45) is 38.8. The summed E-state index contributed by atoms with van der Waals surface area (Å²) in [5.74, 6) is 0. The van der Waals surface area contributed by atoms with Gasteiger partial charge >= 0.3 is 15.6 Å². The van der Waals surface area contributed by atoms with Crippen molar-refractivity contribution in [3.05, 3.63) is 12.2 Å². The van der Waals surface area contributed by atoms with E-state index in [1.54, 1.807) is 7.11 Å². The third kappa shape index (κ3) is 44.1. The summed E-state index contributed by atoms with van der Waals surface area (Å²) in [4.78, 5) is 39.8. The van der Waals surface area contributed by atoms with E-state index in [-0.39, 0.29) is 39.1 Å². The fourth-order valence-corrected chi connectivity index (χ4v) is 12.8. The first-order valence-electron chi connectivity index (χ1n) is 36.0. The Morgan fingerprint density at radius 1 is 0.382 bits per heavy atom. The number of phosphoric ester groups is 2. The first-order chi connectivity index (χ1) is 43.2. The summed E-state index contributed by atoms with van der Waals surface area (Å²) >= 11 is 0. The van der Waals surface area contributed by atoms with Gasteiger partial charge in [0.15, 0.2) is 12.6 Å². The average Bonchev–Trinajstić information content (AvgIpc) is 1.13. The maximum absolute atomic E-state index is 12.8. The number of hydrogen-bond donors (Lipinski definition) is 5. The van der Waals surface area contributed by atoms with Crippen molar-refractivity contribution >= 4 is 15.6 Å². The number of aliphatic hydroxyl groups is 1. The van der Waals surface area contributed by atoms with E-state index in [0.717, 1.165) is 116 Å². The van der Waals surface area contributed by atoms with Crippen LogP contribution >= 0.6 is 15.6 Å². The molecular formula is C68H134O19P2. The van der Waals surface area contributed by atoms with E-state index in [1.807, 2.05) is 0 Å². The van der Waals surface area contributed by atoms with Crippen LogP contribution in [0.4, 0.5) is 0 Å². The lowest BCUT2D eigenvalue weighted by Crippen LogP contribution is -2.63. The van der Waals surface area contributed by atoms with Gasteiger partial charge in [0.05, 0.1) is 32.5 Å². The van der Waals surface area contributed by atoms with Crippen LogP contribution in [-0.4, -0.2) is 159 Å². The summed E-state index contributed by atoms with van der Waals surface area (Å²) in [6.45, 7) is 8.80. The first kappa shape index (κ1) is 84.6. The van der Waals surface area contributed by atoms with Crippen LogP contribution in [0.15, 0.2) is 12.2 Å². The van der Waals surface area contributed by atoms with E-state index >= 15 is 0 Å². The molecule has 19 nitrogen and oxygen atoms in total. The molecule has 530 valence electrons. The van der Waals surface area contributed by atoms with Crippen molar-refractivity contribution in [1.82, 2.24) is 0 Å². The summed E-state index contributed by atoms with van der Waals surface area (Å²) < 4.78 is 98.8. The maximum atomic E-state index is 12.8. The highest BCUT2D eigenvalue weighted by molar-refractivity contribution is 7.46. The molecule has 0 spiro atoms. The van der Waals surface area contributed by atoms with Gasteiger partial charge in [0.25, 0.3) is 0 Å². The van der Waals surface area contributed by atoms with Gasteiger partial charge in [0.1, 0.15) is 48.8 Å². The Balaban J connectivity index is 2.41. The fourth-order valence-electron chi connectivity index (χ4n) is 11.9. The molecule has 0 amide bonds. The number of allylic oxidation sites excluding steroid dienone is 2. The van der Waals surface area contributed by atoms with Gasteiger partial charge in [-0.2, -0.15) is 0 Å². The van der Waals surface area contributed by atoms with Crippen molar-refractivity contribution in [2.75, 3.05) is 67.1 Å². The number of rotatable bonds is 64. The standard InChI is InChI=1S/C68H134O19P2/c1-7-11-15-19-22-25-28-29-30-31-32-33-36-39-43-47-52-80-66-64(81-53-49-58(77-6)48-44-40-18-14-10-4)62(87-89(73,74)75)60(56-76-5)86-68(66)83-57-59-61(69)63(78-50-45-41-37-34-26-23-20-16-12-8-2)65(67(85-59)82-54-55-84-88(70,71)72)79-51-46-42-38-35-27-24-21-17-13-9-3/h25,28,58-69H,7-24,26-27,29-57H2,1-6H3,(H2,70,71,72)(H2,73,74,75)/t58-,59-,60-,61-,62-,63+,64+,65-,66-,67+,68+/m1/s1. The predicted octanol–water partition coefficient (Wildman–Crippen LogP) is 16.2. The van der Waals surface area contributed by atoms with Crippen LogP contribution in [0.5, 0.6) is 0 Å². The highest BCUT2D eigenvalue weighted by Gasteiger charge is 2.53. The van der Waals surface area contributed by atoms with Gasteiger partial charge < -0.3 is 72.0 Å². The summed E-state index contributed by atoms with van der Waals surface area (Å²) in [5.41, 5.74) is 0. The highest BCUT2D eigenvalue weighted by Crippen LogP contribution is 2.43. The molecule has 0 saturated carbocycles. The molecule has 21 heteroatoms. The van der Waals surface area contributed by atoms with Gasteiger partial charge in [0.2, 0.25) is 0 Å². The Kier molecular flexibility index (Phi) is 53.9. The van der Waals surface area contributed by atoms with Crippen molar-refractivity contribution in [3.8, 4) is 0 Å². The zero-order valence-corrected chi connectivity index (χ0v) is 58.8. The van der Waals surface area contributed by atoms with E-state index in [1.165, 1.54) is 142 Å². The third-order valence-electron chi connectivity index (χ3n) is 17.1. The lowest BCUT2D eigenvalue weighted by Gasteiger charge is -2.47. The molecule has 11 atom stereocenters. The van der Waals surface area contributed by atoms with Gasteiger partial charge in [-0.25, -0.2) is 9.13 Å². The van der Waals surface area contributed by atoms with E-state index in [4.69, 9.17) is 56.4 Å². The van der Waals surface area contributed by atoms with Crippen molar-refractivity contribution in [3.63, 3.8) is 0 Å². The molecule has 0 aliphatic carbocycles. The zero-order valence-electron chi connectivity index (χ0n) is 57.0. The second-order valence-corrected chi connectivity index (χ2v) is 27.5. The largest absolute Gasteiger partial charge is 0.470 e. The minimum Gasteiger partial charge on any atom is -0.387 e. The number of hydrogen-bond acceptors (Lipinski definition) is 15. The second-order valence-electron chi connectivity index (χ2n) is 25.1. The van der Waals surface area contributed by atoms with Gasteiger partial charge in [0, 0.05) is 40.6 Å². The Morgan fingerprint density at radius 3 is 1.22 bits per heavy atom. The van der Waals surface area contributed by atoms with E-state index in [9.17, 15) is 33.8 Å². The molecule has 2 rings (SSSR count). The van der Waals surface area contributed by atoms with Gasteiger partial charge in [-0.15, -0.1) is 0 Å². The Labute approximate surface area is 541 Å². The number of aliphatic hydroxyl groups excluding tert-OH is 1. The molecular weight excluding hydrogens is 1180 g/mol. The van der Waals surface area contributed by atoms with Gasteiger partial charge in [-0.3, -0.25) is 9.05 Å². The summed E-state index contributed by atoms with van der Waals surface area (Å²) in [6, 6.07) is 0. The molecule has 2 fully saturated rings. The third-order valence-corrected chi connectivity index (χ3v) is 18.2. The van der Waals surface area contributed by atoms with Crippen LogP contribution in [0.1, 0.15) is 291 Å². The molecule has 2 aliphatic heterocycles. The average molecular weight is 1320 g/mol. The zero-order chi connectivity index (χ0) is 64.9. The van der Waals surface area contributed by atoms with Crippen LogP contribution in [0.2, 0.25) is 0 Å². The topological polar surface area (TPSA) is 246 Å². The molecule has 2 aliphatic rings. The van der Waals surface area contributed by atoms with Gasteiger partial charge in [-0.1, -0.05) is 245 Å². The van der Waals surface area contributed by atoms with Crippen LogP contribution in [0.25, 0.3) is 0 Å². The lowest BCUT2D eigenvalue weighted by molar-refractivity contribution is -0.343. The maximum Gasteiger partial charge on any atom is 0.470 e. The van der Waals surface area contributed by atoms with Crippen LogP contribution in [0.3, 0.4) is 0 Å². The van der Waals surface area contributed by atoms with E-state index in [2.05, 4.69) is 39.8 Å². The molecule has 0 bridgehead atoms. The molecule has 0 aromatic rings. The van der Waals surface area contributed by atoms with Crippen LogP contribution in [0, 0.1) is 0 Å². The quantitative estimate of drug-likeness (QED) is 0.0216. The van der Waals surface area contributed by atoms with E-state index < -0.39 is 83.7 Å². The van der Waals surface area contributed by atoms with Crippen molar-refractivity contribution < 1.29 is 90.2 Å². The molecule has 0 radical (unpaired) electrons.